The van der Waals surface area contributed by atoms with Gasteiger partial charge in [-0.25, -0.2) is 0 Å². The lowest BCUT2D eigenvalue weighted by Crippen LogP contribution is -2.42. The molecule has 2 aliphatic carbocycles. The van der Waals surface area contributed by atoms with Gasteiger partial charge in [-0.1, -0.05) is 12.2 Å². The second-order valence-corrected chi connectivity index (χ2v) is 4.93. The first kappa shape index (κ1) is 13.9. The van der Waals surface area contributed by atoms with Crippen LogP contribution in [0.1, 0.15) is 12.8 Å². The minimum absolute atomic E-state index is 0.0122. The van der Waals surface area contributed by atoms with Crippen LogP contribution in [-0.2, 0) is 9.59 Å². The second-order valence-electron chi connectivity index (χ2n) is 4.93. The van der Waals surface area contributed by atoms with Gasteiger partial charge < -0.3 is 10.6 Å². The number of rotatable bonds is 4. The lowest BCUT2D eigenvalue weighted by molar-refractivity contribution is -0.173. The van der Waals surface area contributed by atoms with E-state index in [0.717, 1.165) is 12.8 Å². The van der Waals surface area contributed by atoms with E-state index in [0.29, 0.717) is 5.92 Å². The molecule has 106 valence electrons. The van der Waals surface area contributed by atoms with Gasteiger partial charge in [-0.15, -0.1) is 0 Å². The Morgan fingerprint density at radius 1 is 1.11 bits per heavy atom. The Labute approximate surface area is 108 Å². The summed E-state index contributed by atoms with van der Waals surface area (Å²) in [5.41, 5.74) is 0. The average molecular weight is 276 g/mol. The van der Waals surface area contributed by atoms with E-state index < -0.39 is 12.1 Å². The van der Waals surface area contributed by atoms with Crippen molar-refractivity contribution in [2.24, 2.45) is 17.8 Å². The van der Waals surface area contributed by atoms with Crippen LogP contribution in [0.25, 0.3) is 0 Å². The summed E-state index contributed by atoms with van der Waals surface area (Å²) in [5.74, 6) is -1.48. The minimum atomic E-state index is -4.88. The Morgan fingerprint density at radius 2 is 1.79 bits per heavy atom. The van der Waals surface area contributed by atoms with Crippen molar-refractivity contribution in [2.75, 3.05) is 13.1 Å². The van der Waals surface area contributed by atoms with E-state index >= 15 is 0 Å². The van der Waals surface area contributed by atoms with Crippen molar-refractivity contribution in [1.82, 2.24) is 10.6 Å². The topological polar surface area (TPSA) is 58.2 Å². The van der Waals surface area contributed by atoms with Crippen LogP contribution in [0.15, 0.2) is 12.2 Å². The van der Waals surface area contributed by atoms with Crippen LogP contribution in [0.5, 0.6) is 0 Å². The summed E-state index contributed by atoms with van der Waals surface area (Å²) in [6.07, 6.45) is 1.06. The van der Waals surface area contributed by atoms with E-state index in [9.17, 15) is 22.8 Å². The zero-order chi connectivity index (χ0) is 14.0. The summed E-state index contributed by atoms with van der Waals surface area (Å²) in [6, 6.07) is 0. The average Bonchev–Trinajstić information content (AvgIpc) is 2.94. The van der Waals surface area contributed by atoms with Crippen LogP contribution >= 0.6 is 0 Å². The van der Waals surface area contributed by atoms with Crippen molar-refractivity contribution in [2.45, 2.75) is 19.0 Å². The van der Waals surface area contributed by atoms with Gasteiger partial charge in [0.15, 0.2) is 0 Å². The number of allylic oxidation sites excluding steroid dienone is 2. The molecule has 2 amide bonds. The Balaban J connectivity index is 1.65. The number of fused-ring (bicyclic) bond motifs is 2. The number of carbonyl (C=O) groups is 2. The molecule has 1 saturated carbocycles. The number of hydrogen-bond acceptors (Lipinski definition) is 2. The Kier molecular flexibility index (Phi) is 3.82. The van der Waals surface area contributed by atoms with Crippen molar-refractivity contribution in [1.29, 1.82) is 0 Å². The first-order valence-electron chi connectivity index (χ1n) is 6.19. The molecule has 2 aliphatic rings. The molecule has 19 heavy (non-hydrogen) atoms. The highest BCUT2D eigenvalue weighted by Gasteiger charge is 2.40. The normalized spacial score (nSPS) is 28.5. The van der Waals surface area contributed by atoms with Crippen molar-refractivity contribution in [3.05, 3.63) is 12.2 Å². The number of alkyl halides is 3. The minimum Gasteiger partial charge on any atom is -0.354 e. The fourth-order valence-corrected chi connectivity index (χ4v) is 2.68. The van der Waals surface area contributed by atoms with E-state index in [2.05, 4.69) is 11.4 Å². The van der Waals surface area contributed by atoms with Crippen LogP contribution in [0.3, 0.4) is 0 Å². The third kappa shape index (κ3) is 3.27. The fourth-order valence-electron chi connectivity index (χ4n) is 2.68. The van der Waals surface area contributed by atoms with Gasteiger partial charge in [-0.05, 0) is 24.7 Å². The van der Waals surface area contributed by atoms with Crippen molar-refractivity contribution < 1.29 is 22.8 Å². The predicted molar refractivity (Wildman–Crippen MR) is 60.9 cm³/mol. The summed E-state index contributed by atoms with van der Waals surface area (Å²) < 4.78 is 35.6. The maximum Gasteiger partial charge on any atom is 0.471 e. The molecule has 3 atom stereocenters. The van der Waals surface area contributed by atoms with Crippen molar-refractivity contribution >= 4 is 11.8 Å². The van der Waals surface area contributed by atoms with Crippen LogP contribution in [0.4, 0.5) is 13.2 Å². The molecule has 0 aromatic carbocycles. The molecule has 0 heterocycles. The molecular weight excluding hydrogens is 261 g/mol. The summed E-state index contributed by atoms with van der Waals surface area (Å²) in [7, 11) is 0. The Morgan fingerprint density at radius 3 is 2.32 bits per heavy atom. The molecule has 0 spiro atoms. The summed E-state index contributed by atoms with van der Waals surface area (Å²) in [5, 5.41) is 4.27. The fraction of sp³-hybridized carbons (Fsp3) is 0.667. The van der Waals surface area contributed by atoms with Crippen LogP contribution < -0.4 is 10.6 Å². The highest BCUT2D eigenvalue weighted by molar-refractivity contribution is 5.82. The SMILES string of the molecule is O=C(NCCNC(=O)C(F)(F)F)C1CC2C=CC1C2. The zero-order valence-electron chi connectivity index (χ0n) is 10.2. The number of nitrogens with one attached hydrogen (secondary N) is 2. The van der Waals surface area contributed by atoms with Crippen molar-refractivity contribution in [3.63, 3.8) is 0 Å². The van der Waals surface area contributed by atoms with Crippen LogP contribution in [0.2, 0.25) is 0 Å². The van der Waals surface area contributed by atoms with Gasteiger partial charge in [0.25, 0.3) is 0 Å². The number of hydrogen-bond donors (Lipinski definition) is 2. The quantitative estimate of drug-likeness (QED) is 0.594. The third-order valence-electron chi connectivity index (χ3n) is 3.58. The van der Waals surface area contributed by atoms with E-state index in [4.69, 9.17) is 0 Å². The Hall–Kier alpha value is -1.53. The van der Waals surface area contributed by atoms with E-state index in [-0.39, 0.29) is 30.8 Å². The predicted octanol–water partition coefficient (Wildman–Crippen LogP) is 0.993. The third-order valence-corrected chi connectivity index (χ3v) is 3.58. The van der Waals surface area contributed by atoms with Gasteiger partial charge in [-0.2, -0.15) is 13.2 Å². The highest BCUT2D eigenvalue weighted by Crippen LogP contribution is 2.43. The molecule has 4 nitrogen and oxygen atoms in total. The maximum atomic E-state index is 11.9. The van der Waals surface area contributed by atoms with Crippen LogP contribution in [0, 0.1) is 17.8 Å². The van der Waals surface area contributed by atoms with Crippen LogP contribution in [-0.4, -0.2) is 31.1 Å². The first-order chi connectivity index (χ1) is 8.88. The standard InChI is InChI=1S/C12H15F3N2O2/c13-12(14,15)11(19)17-4-3-16-10(18)9-6-7-1-2-8(9)5-7/h1-2,7-9H,3-6H2,(H,16,18)(H,17,19). The van der Waals surface area contributed by atoms with Gasteiger partial charge >= 0.3 is 12.1 Å². The molecule has 0 aliphatic heterocycles. The van der Waals surface area contributed by atoms with Gasteiger partial charge in [0, 0.05) is 19.0 Å². The van der Waals surface area contributed by atoms with Gasteiger partial charge in [0.1, 0.15) is 0 Å². The molecule has 7 heteroatoms. The van der Waals surface area contributed by atoms with E-state index in [1.807, 2.05) is 6.08 Å². The number of carbonyl (C=O) groups excluding carboxylic acids is 2. The number of halogens is 3. The number of amides is 2. The zero-order valence-corrected chi connectivity index (χ0v) is 10.2. The van der Waals surface area contributed by atoms with Crippen molar-refractivity contribution in [3.8, 4) is 0 Å². The molecule has 1 fully saturated rings. The molecule has 2 N–H and O–H groups in total. The molecule has 0 aromatic heterocycles. The lowest BCUT2D eigenvalue weighted by Gasteiger charge is -2.17. The maximum absolute atomic E-state index is 11.9. The van der Waals surface area contributed by atoms with Gasteiger partial charge in [0.2, 0.25) is 5.91 Å². The lowest BCUT2D eigenvalue weighted by atomic mass is 9.93. The smallest absolute Gasteiger partial charge is 0.354 e. The largest absolute Gasteiger partial charge is 0.471 e. The van der Waals surface area contributed by atoms with Gasteiger partial charge in [-0.3, -0.25) is 9.59 Å². The molecule has 2 rings (SSSR count). The molecule has 0 radical (unpaired) electrons. The molecular formula is C12H15F3N2O2. The summed E-state index contributed by atoms with van der Waals surface area (Å²) >= 11 is 0. The van der Waals surface area contributed by atoms with E-state index in [1.165, 1.54) is 0 Å². The molecule has 0 aromatic rings. The first-order valence-corrected chi connectivity index (χ1v) is 6.19. The van der Waals surface area contributed by atoms with E-state index in [1.54, 1.807) is 5.32 Å². The summed E-state index contributed by atoms with van der Waals surface area (Å²) in [4.78, 5) is 22.3. The molecule has 0 saturated heterocycles. The monoisotopic (exact) mass is 276 g/mol. The summed E-state index contributed by atoms with van der Waals surface area (Å²) in [6.45, 7) is -0.209. The Bertz CT molecular complexity index is 406. The molecule has 3 unspecified atom stereocenters. The highest BCUT2D eigenvalue weighted by atomic mass is 19.4. The second kappa shape index (κ2) is 5.22. The van der Waals surface area contributed by atoms with Gasteiger partial charge in [0.05, 0.1) is 0 Å². The molecule has 2 bridgehead atoms.